The van der Waals surface area contributed by atoms with E-state index in [1.54, 1.807) is 6.92 Å². The monoisotopic (exact) mass is 303 g/mol. The summed E-state index contributed by atoms with van der Waals surface area (Å²) in [4.78, 5) is 22.0. The first-order chi connectivity index (χ1) is 9.90. The van der Waals surface area contributed by atoms with Crippen molar-refractivity contribution in [3.63, 3.8) is 0 Å². The second-order valence-corrected chi connectivity index (χ2v) is 4.70. The van der Waals surface area contributed by atoms with Crippen molar-refractivity contribution in [1.82, 2.24) is 5.32 Å². The molecule has 0 aromatic rings. The SMILES string of the molecule is CCOC[C@@H](O)[C@@H](O)C1OC(C=O)=CC(O)[C@H]1NC(C)=O. The summed E-state index contributed by atoms with van der Waals surface area (Å²) >= 11 is 0. The smallest absolute Gasteiger partial charge is 0.217 e. The number of aliphatic hydroxyl groups excluding tert-OH is 3. The summed E-state index contributed by atoms with van der Waals surface area (Å²) in [6.45, 7) is 3.19. The molecule has 1 rings (SSSR count). The van der Waals surface area contributed by atoms with E-state index in [0.29, 0.717) is 12.9 Å². The van der Waals surface area contributed by atoms with Gasteiger partial charge in [0, 0.05) is 13.5 Å². The molecule has 120 valence electrons. The normalized spacial score (nSPS) is 28.0. The number of ether oxygens (including phenoxy) is 2. The molecule has 0 radical (unpaired) electrons. The van der Waals surface area contributed by atoms with Crippen LogP contribution in [-0.2, 0) is 19.1 Å². The largest absolute Gasteiger partial charge is 0.482 e. The Hall–Kier alpha value is -1.48. The highest BCUT2D eigenvalue weighted by Gasteiger charge is 2.41. The van der Waals surface area contributed by atoms with Crippen molar-refractivity contribution in [2.75, 3.05) is 13.2 Å². The molecule has 1 amide bonds. The minimum absolute atomic E-state index is 0.138. The second kappa shape index (κ2) is 8.08. The Bertz CT molecular complexity index is 398. The lowest BCUT2D eigenvalue weighted by Crippen LogP contribution is -2.59. The second-order valence-electron chi connectivity index (χ2n) is 4.70. The van der Waals surface area contributed by atoms with Gasteiger partial charge in [-0.3, -0.25) is 9.59 Å². The van der Waals surface area contributed by atoms with Crippen molar-refractivity contribution < 1.29 is 34.4 Å². The average molecular weight is 303 g/mol. The third kappa shape index (κ3) is 4.78. The van der Waals surface area contributed by atoms with E-state index in [9.17, 15) is 24.9 Å². The molecule has 1 heterocycles. The lowest BCUT2D eigenvalue weighted by molar-refractivity contribution is -0.136. The minimum atomic E-state index is -1.45. The van der Waals surface area contributed by atoms with Crippen LogP contribution in [0.15, 0.2) is 11.8 Å². The van der Waals surface area contributed by atoms with Gasteiger partial charge in [-0.15, -0.1) is 0 Å². The lowest BCUT2D eigenvalue weighted by atomic mass is 9.94. The summed E-state index contributed by atoms with van der Waals surface area (Å²) in [7, 11) is 0. The molecule has 0 spiro atoms. The molecule has 0 aromatic heterocycles. The van der Waals surface area contributed by atoms with Gasteiger partial charge in [0.05, 0.1) is 18.8 Å². The Morgan fingerprint density at radius 2 is 2.24 bits per heavy atom. The fourth-order valence-corrected chi connectivity index (χ4v) is 2.04. The zero-order valence-electron chi connectivity index (χ0n) is 11.9. The summed E-state index contributed by atoms with van der Waals surface area (Å²) in [5, 5.41) is 32.3. The number of nitrogens with one attached hydrogen (secondary N) is 1. The van der Waals surface area contributed by atoms with Crippen LogP contribution in [0.1, 0.15) is 13.8 Å². The molecule has 0 aliphatic carbocycles. The highest BCUT2D eigenvalue weighted by Crippen LogP contribution is 2.21. The van der Waals surface area contributed by atoms with Gasteiger partial charge in [0.2, 0.25) is 5.91 Å². The number of aldehydes is 1. The van der Waals surface area contributed by atoms with E-state index in [4.69, 9.17) is 9.47 Å². The Morgan fingerprint density at radius 3 is 2.76 bits per heavy atom. The molecule has 8 heteroatoms. The van der Waals surface area contributed by atoms with Gasteiger partial charge in [-0.2, -0.15) is 0 Å². The number of hydrogen-bond donors (Lipinski definition) is 4. The predicted octanol–water partition coefficient (Wildman–Crippen LogP) is -1.91. The summed E-state index contributed by atoms with van der Waals surface area (Å²) in [6, 6.07) is -0.988. The molecule has 8 nitrogen and oxygen atoms in total. The van der Waals surface area contributed by atoms with Crippen LogP contribution in [0.3, 0.4) is 0 Å². The molecule has 21 heavy (non-hydrogen) atoms. The van der Waals surface area contributed by atoms with Gasteiger partial charge in [-0.05, 0) is 13.0 Å². The summed E-state index contributed by atoms with van der Waals surface area (Å²) in [5.74, 6) is -0.612. The van der Waals surface area contributed by atoms with Gasteiger partial charge in [-0.1, -0.05) is 0 Å². The molecule has 0 aromatic carbocycles. The number of allylic oxidation sites excluding steroid dienone is 1. The van der Waals surface area contributed by atoms with E-state index in [2.05, 4.69) is 5.32 Å². The van der Waals surface area contributed by atoms with Gasteiger partial charge in [0.1, 0.15) is 12.2 Å². The topological polar surface area (TPSA) is 125 Å². The van der Waals surface area contributed by atoms with Crippen molar-refractivity contribution in [1.29, 1.82) is 0 Å². The highest BCUT2D eigenvalue weighted by molar-refractivity contribution is 5.74. The predicted molar refractivity (Wildman–Crippen MR) is 71.1 cm³/mol. The molecular formula is C13H21NO7. The van der Waals surface area contributed by atoms with E-state index in [0.717, 1.165) is 6.08 Å². The molecule has 4 N–H and O–H groups in total. The number of aliphatic hydroxyl groups is 3. The van der Waals surface area contributed by atoms with Gasteiger partial charge >= 0.3 is 0 Å². The van der Waals surface area contributed by atoms with Crippen LogP contribution in [0, 0.1) is 0 Å². The van der Waals surface area contributed by atoms with Gasteiger partial charge in [0.15, 0.2) is 18.1 Å². The number of rotatable bonds is 7. The molecule has 0 saturated carbocycles. The van der Waals surface area contributed by atoms with E-state index < -0.39 is 36.4 Å². The molecule has 0 fully saturated rings. The van der Waals surface area contributed by atoms with E-state index in [-0.39, 0.29) is 12.4 Å². The van der Waals surface area contributed by atoms with E-state index in [1.165, 1.54) is 6.92 Å². The third-order valence-corrected chi connectivity index (χ3v) is 3.04. The first-order valence-corrected chi connectivity index (χ1v) is 6.63. The Labute approximate surface area is 122 Å². The zero-order chi connectivity index (χ0) is 16.0. The summed E-state index contributed by atoms with van der Waals surface area (Å²) in [6.07, 6.45) is -3.63. The molecule has 0 saturated heterocycles. The van der Waals surface area contributed by atoms with Crippen molar-refractivity contribution in [2.45, 2.75) is 44.3 Å². The van der Waals surface area contributed by atoms with Gasteiger partial charge in [-0.25, -0.2) is 0 Å². The minimum Gasteiger partial charge on any atom is -0.482 e. The van der Waals surface area contributed by atoms with Crippen LogP contribution >= 0.6 is 0 Å². The zero-order valence-corrected chi connectivity index (χ0v) is 11.9. The third-order valence-electron chi connectivity index (χ3n) is 3.04. The molecule has 2 unspecified atom stereocenters. The van der Waals surface area contributed by atoms with E-state index in [1.807, 2.05) is 0 Å². The van der Waals surface area contributed by atoms with Crippen molar-refractivity contribution in [2.24, 2.45) is 0 Å². The van der Waals surface area contributed by atoms with Gasteiger partial charge < -0.3 is 30.1 Å². The van der Waals surface area contributed by atoms with Crippen molar-refractivity contribution in [3.8, 4) is 0 Å². The van der Waals surface area contributed by atoms with Crippen LogP contribution in [0.25, 0.3) is 0 Å². The van der Waals surface area contributed by atoms with Crippen LogP contribution in [0.2, 0.25) is 0 Å². The van der Waals surface area contributed by atoms with Crippen LogP contribution < -0.4 is 5.32 Å². The van der Waals surface area contributed by atoms with E-state index >= 15 is 0 Å². The number of carbonyl (C=O) groups is 2. The van der Waals surface area contributed by atoms with Crippen molar-refractivity contribution in [3.05, 3.63) is 11.8 Å². The average Bonchev–Trinajstić information content (AvgIpc) is 2.45. The number of hydrogen-bond acceptors (Lipinski definition) is 7. The maximum Gasteiger partial charge on any atom is 0.217 e. The fourth-order valence-electron chi connectivity index (χ4n) is 2.04. The molecule has 1 aliphatic rings. The maximum atomic E-state index is 11.2. The molecule has 5 atom stereocenters. The Balaban J connectivity index is 2.89. The maximum absolute atomic E-state index is 11.2. The van der Waals surface area contributed by atoms with Crippen molar-refractivity contribution >= 4 is 12.2 Å². The number of amides is 1. The van der Waals surface area contributed by atoms with Crippen LogP contribution in [-0.4, -0.2) is 71.2 Å². The first kappa shape index (κ1) is 17.6. The summed E-state index contributed by atoms with van der Waals surface area (Å²) in [5.41, 5.74) is 0. The molecule has 1 aliphatic heterocycles. The first-order valence-electron chi connectivity index (χ1n) is 6.63. The lowest BCUT2D eigenvalue weighted by Gasteiger charge is -2.38. The number of carbonyl (C=O) groups excluding carboxylic acids is 2. The molecular weight excluding hydrogens is 282 g/mol. The standard InChI is InChI=1S/C13H21NO7/c1-3-20-6-10(18)12(19)13-11(14-7(2)16)9(17)4-8(5-15)21-13/h4-5,9-13,17-19H,3,6H2,1-2H3,(H,14,16)/t9?,10-,11-,12-,13?/m1/s1. The Morgan fingerprint density at radius 1 is 1.57 bits per heavy atom. The van der Waals surface area contributed by atoms with Crippen LogP contribution in [0.4, 0.5) is 0 Å². The van der Waals surface area contributed by atoms with Gasteiger partial charge in [0.25, 0.3) is 0 Å². The summed E-state index contributed by atoms with van der Waals surface area (Å²) < 4.78 is 10.2. The molecule has 0 bridgehead atoms. The Kier molecular flexibility index (Phi) is 6.76. The fraction of sp³-hybridized carbons (Fsp3) is 0.692. The quantitative estimate of drug-likeness (QED) is 0.404. The van der Waals surface area contributed by atoms with Crippen LogP contribution in [0.5, 0.6) is 0 Å². The highest BCUT2D eigenvalue weighted by atomic mass is 16.5.